The third-order valence-corrected chi connectivity index (χ3v) is 5.48. The highest BCUT2D eigenvalue weighted by atomic mass is 16.6. The number of anilines is 1. The first-order chi connectivity index (χ1) is 16.0. The molecule has 10 heteroatoms. The van der Waals surface area contributed by atoms with Crippen LogP contribution >= 0.6 is 0 Å². The molecule has 34 heavy (non-hydrogen) atoms. The SMILES string of the molecule is CCOC(=O)CCC(C)CNc1cc(CN2CCN(C(=O)OC(C)(C)C)CC2)ccc1[N+](=O)[O-]. The fraction of sp³-hybridized carbons (Fsp3) is 0.667. The summed E-state index contributed by atoms with van der Waals surface area (Å²) in [5, 5.41) is 14.7. The number of nitrogens with zero attached hydrogens (tertiary/aromatic N) is 3. The third kappa shape index (κ3) is 9.17. The number of nitrogens with one attached hydrogen (secondary N) is 1. The van der Waals surface area contributed by atoms with Gasteiger partial charge in [0.1, 0.15) is 11.3 Å². The molecule has 1 aliphatic rings. The number of rotatable bonds is 10. The van der Waals surface area contributed by atoms with Crippen molar-refractivity contribution in [2.45, 2.75) is 59.6 Å². The number of hydrogen-bond acceptors (Lipinski definition) is 8. The van der Waals surface area contributed by atoms with Crippen LogP contribution in [0.5, 0.6) is 0 Å². The number of nitro benzene ring substituents is 1. The number of hydrogen-bond donors (Lipinski definition) is 1. The van der Waals surface area contributed by atoms with Crippen LogP contribution in [0.4, 0.5) is 16.2 Å². The van der Waals surface area contributed by atoms with Crippen LogP contribution in [0.1, 0.15) is 53.0 Å². The number of carbonyl (C=O) groups excluding carboxylic acids is 2. The highest BCUT2D eigenvalue weighted by Gasteiger charge is 2.26. The number of nitro groups is 1. The maximum Gasteiger partial charge on any atom is 0.410 e. The summed E-state index contributed by atoms with van der Waals surface area (Å²) in [5.41, 5.74) is 0.930. The van der Waals surface area contributed by atoms with Gasteiger partial charge in [0.15, 0.2) is 0 Å². The van der Waals surface area contributed by atoms with E-state index in [4.69, 9.17) is 9.47 Å². The van der Waals surface area contributed by atoms with Gasteiger partial charge in [0, 0.05) is 51.8 Å². The van der Waals surface area contributed by atoms with Gasteiger partial charge in [-0.2, -0.15) is 0 Å². The highest BCUT2D eigenvalue weighted by molar-refractivity contribution is 5.69. The van der Waals surface area contributed by atoms with Gasteiger partial charge in [0.05, 0.1) is 11.5 Å². The minimum absolute atomic E-state index is 0.0242. The van der Waals surface area contributed by atoms with Crippen molar-refractivity contribution in [3.63, 3.8) is 0 Å². The number of esters is 1. The van der Waals surface area contributed by atoms with Crippen LogP contribution in [-0.2, 0) is 20.8 Å². The van der Waals surface area contributed by atoms with E-state index >= 15 is 0 Å². The number of amides is 1. The normalized spacial score (nSPS) is 15.5. The van der Waals surface area contributed by atoms with E-state index in [0.29, 0.717) is 64.4 Å². The average Bonchev–Trinajstić information content (AvgIpc) is 2.75. The number of ether oxygens (including phenoxy) is 2. The van der Waals surface area contributed by atoms with Crippen LogP contribution in [0.2, 0.25) is 0 Å². The quantitative estimate of drug-likeness (QED) is 0.304. The molecule has 0 spiro atoms. The summed E-state index contributed by atoms with van der Waals surface area (Å²) < 4.78 is 10.4. The molecule has 0 aliphatic carbocycles. The predicted octanol–water partition coefficient (Wildman–Crippen LogP) is 4.04. The van der Waals surface area contributed by atoms with E-state index in [0.717, 1.165) is 5.56 Å². The van der Waals surface area contributed by atoms with Gasteiger partial charge in [-0.3, -0.25) is 19.8 Å². The molecule has 0 bridgehead atoms. The molecule has 1 N–H and O–H groups in total. The van der Waals surface area contributed by atoms with Gasteiger partial charge in [0.25, 0.3) is 5.69 Å². The van der Waals surface area contributed by atoms with Crippen molar-refractivity contribution in [1.82, 2.24) is 9.80 Å². The maximum absolute atomic E-state index is 12.3. The number of piperazine rings is 1. The van der Waals surface area contributed by atoms with Gasteiger partial charge in [0.2, 0.25) is 0 Å². The van der Waals surface area contributed by atoms with Crippen molar-refractivity contribution in [2.24, 2.45) is 5.92 Å². The van der Waals surface area contributed by atoms with Crippen LogP contribution in [-0.4, -0.2) is 71.7 Å². The summed E-state index contributed by atoms with van der Waals surface area (Å²) in [5.74, 6) is -0.0808. The fourth-order valence-corrected chi connectivity index (χ4v) is 3.64. The molecular weight excluding hydrogens is 440 g/mol. The van der Waals surface area contributed by atoms with Crippen LogP contribution in [0.25, 0.3) is 0 Å². The summed E-state index contributed by atoms with van der Waals surface area (Å²) >= 11 is 0. The van der Waals surface area contributed by atoms with E-state index < -0.39 is 10.5 Å². The monoisotopic (exact) mass is 478 g/mol. The molecule has 0 saturated carbocycles. The fourth-order valence-electron chi connectivity index (χ4n) is 3.64. The van der Waals surface area contributed by atoms with Crippen LogP contribution in [0.15, 0.2) is 18.2 Å². The molecule has 1 aliphatic heterocycles. The zero-order chi connectivity index (χ0) is 25.3. The van der Waals surface area contributed by atoms with Crippen molar-refractivity contribution in [2.75, 3.05) is 44.6 Å². The van der Waals surface area contributed by atoms with Gasteiger partial charge >= 0.3 is 12.1 Å². The lowest BCUT2D eigenvalue weighted by molar-refractivity contribution is -0.384. The van der Waals surface area contributed by atoms with Crippen molar-refractivity contribution >= 4 is 23.4 Å². The average molecular weight is 479 g/mol. The van der Waals surface area contributed by atoms with Crippen LogP contribution in [0.3, 0.4) is 0 Å². The van der Waals surface area contributed by atoms with E-state index in [9.17, 15) is 19.7 Å². The van der Waals surface area contributed by atoms with E-state index in [1.165, 1.54) is 6.07 Å². The number of benzene rings is 1. The van der Waals surface area contributed by atoms with Gasteiger partial charge in [-0.1, -0.05) is 13.0 Å². The van der Waals surface area contributed by atoms with E-state index in [2.05, 4.69) is 10.2 Å². The zero-order valence-electron chi connectivity index (χ0n) is 21.0. The molecule has 1 amide bonds. The molecule has 0 aromatic heterocycles. The van der Waals surface area contributed by atoms with Gasteiger partial charge in [-0.25, -0.2) is 4.79 Å². The third-order valence-electron chi connectivity index (χ3n) is 5.48. The summed E-state index contributed by atoms with van der Waals surface area (Å²) in [6.07, 6.45) is 0.668. The zero-order valence-corrected chi connectivity index (χ0v) is 21.0. The van der Waals surface area contributed by atoms with Gasteiger partial charge in [-0.15, -0.1) is 0 Å². The first kappa shape index (κ1) is 27.4. The van der Waals surface area contributed by atoms with Crippen molar-refractivity contribution in [1.29, 1.82) is 0 Å². The standard InChI is InChI=1S/C24H38N4O6/c1-6-33-22(29)10-7-18(2)16-25-20-15-19(8-9-21(20)28(31)32)17-26-11-13-27(14-12-26)23(30)34-24(3,4)5/h8-9,15,18,25H,6-7,10-14,16-17H2,1-5H3. The highest BCUT2D eigenvalue weighted by Crippen LogP contribution is 2.27. The van der Waals surface area contributed by atoms with E-state index in [1.54, 1.807) is 17.9 Å². The maximum atomic E-state index is 12.3. The molecule has 1 atom stereocenters. The Hall–Kier alpha value is -2.88. The molecule has 1 aromatic rings. The van der Waals surface area contributed by atoms with Crippen molar-refractivity contribution in [3.8, 4) is 0 Å². The molecule has 0 radical (unpaired) electrons. The van der Waals surface area contributed by atoms with Gasteiger partial charge < -0.3 is 19.7 Å². The van der Waals surface area contributed by atoms with Crippen LogP contribution < -0.4 is 5.32 Å². The molecule has 1 unspecified atom stereocenters. The summed E-state index contributed by atoms with van der Waals surface area (Å²) in [4.78, 5) is 38.8. The minimum Gasteiger partial charge on any atom is -0.466 e. The van der Waals surface area contributed by atoms with Crippen LogP contribution in [0, 0.1) is 16.0 Å². The first-order valence-corrected chi connectivity index (χ1v) is 11.9. The molecular formula is C24H38N4O6. The number of carbonyl (C=O) groups is 2. The predicted molar refractivity (Wildman–Crippen MR) is 130 cm³/mol. The molecule has 190 valence electrons. The minimum atomic E-state index is -0.521. The Morgan fingerprint density at radius 1 is 1.21 bits per heavy atom. The molecule has 1 saturated heterocycles. The lowest BCUT2D eigenvalue weighted by Gasteiger charge is -2.35. The largest absolute Gasteiger partial charge is 0.466 e. The Labute approximate surface area is 201 Å². The Balaban J connectivity index is 1.92. The second kappa shape index (κ2) is 12.5. The lowest BCUT2D eigenvalue weighted by atomic mass is 10.1. The Kier molecular flexibility index (Phi) is 10.1. The first-order valence-electron chi connectivity index (χ1n) is 11.9. The molecule has 10 nitrogen and oxygen atoms in total. The van der Waals surface area contributed by atoms with E-state index in [1.807, 2.05) is 33.8 Å². The second-order valence-corrected chi connectivity index (χ2v) is 9.68. The molecule has 1 fully saturated rings. The molecule has 1 aromatic carbocycles. The van der Waals surface area contributed by atoms with Crippen molar-refractivity contribution < 1.29 is 24.0 Å². The lowest BCUT2D eigenvalue weighted by Crippen LogP contribution is -2.49. The Bertz CT molecular complexity index is 846. The topological polar surface area (TPSA) is 114 Å². The smallest absolute Gasteiger partial charge is 0.410 e. The van der Waals surface area contributed by atoms with Crippen molar-refractivity contribution in [3.05, 3.63) is 33.9 Å². The Morgan fingerprint density at radius 2 is 1.88 bits per heavy atom. The van der Waals surface area contributed by atoms with E-state index in [-0.39, 0.29) is 23.7 Å². The Morgan fingerprint density at radius 3 is 2.47 bits per heavy atom. The van der Waals surface area contributed by atoms with Gasteiger partial charge in [-0.05, 0) is 51.7 Å². The molecule has 2 rings (SSSR count). The summed E-state index contributed by atoms with van der Waals surface area (Å²) in [7, 11) is 0. The summed E-state index contributed by atoms with van der Waals surface area (Å²) in [6, 6.07) is 5.11. The second-order valence-electron chi connectivity index (χ2n) is 9.68. The summed E-state index contributed by atoms with van der Waals surface area (Å²) in [6.45, 7) is 13.4. The molecule has 1 heterocycles.